The van der Waals surface area contributed by atoms with Crippen molar-refractivity contribution in [1.82, 2.24) is 24.3 Å². The third-order valence-electron chi connectivity index (χ3n) is 9.17. The van der Waals surface area contributed by atoms with Crippen LogP contribution in [0.15, 0.2) is 42.5 Å². The maximum absolute atomic E-state index is 12.3. The molecule has 0 radical (unpaired) electrons. The van der Waals surface area contributed by atoms with E-state index in [1.54, 1.807) is 0 Å². The van der Waals surface area contributed by atoms with Crippen molar-refractivity contribution in [2.45, 2.75) is 85.0 Å². The van der Waals surface area contributed by atoms with Crippen LogP contribution in [0.1, 0.15) is 70.7 Å². The Kier molecular flexibility index (Phi) is 11.7. The van der Waals surface area contributed by atoms with E-state index in [2.05, 4.69) is 39.5 Å². The largest absolute Gasteiger partial charge is 0.486 e. The highest BCUT2D eigenvalue weighted by atomic mass is 35.5. The van der Waals surface area contributed by atoms with Crippen LogP contribution < -0.4 is 4.74 Å². The van der Waals surface area contributed by atoms with Crippen molar-refractivity contribution in [3.05, 3.63) is 58.9 Å². The van der Waals surface area contributed by atoms with Gasteiger partial charge in [-0.05, 0) is 134 Å². The van der Waals surface area contributed by atoms with Gasteiger partial charge in [0.1, 0.15) is 23.8 Å². The summed E-state index contributed by atoms with van der Waals surface area (Å²) in [4.78, 5) is 24.3. The molecule has 45 heavy (non-hydrogen) atoms. The number of hydrogen-bond donors (Lipinski definition) is 0. The first-order valence-electron chi connectivity index (χ1n) is 16.9. The minimum absolute atomic E-state index is 0.180. The third kappa shape index (κ3) is 9.84. The highest BCUT2D eigenvalue weighted by Gasteiger charge is 2.26. The van der Waals surface area contributed by atoms with Crippen molar-refractivity contribution in [2.75, 3.05) is 52.4 Å². The number of benzene rings is 2. The number of aryl methyl sites for hydroxylation is 2. The molecule has 0 atom stereocenters. The molecule has 0 bridgehead atoms. The van der Waals surface area contributed by atoms with Crippen LogP contribution in [0, 0.1) is 12.8 Å². The van der Waals surface area contributed by atoms with E-state index < -0.39 is 5.60 Å². The number of unbranched alkanes of at least 4 members (excludes halogenated alkanes) is 1. The molecule has 0 aliphatic carbocycles. The fourth-order valence-corrected chi connectivity index (χ4v) is 6.69. The van der Waals surface area contributed by atoms with Gasteiger partial charge in [0, 0.05) is 37.7 Å². The Morgan fingerprint density at radius 1 is 0.889 bits per heavy atom. The molecule has 2 fully saturated rings. The number of carbonyl (C=O) groups is 1. The van der Waals surface area contributed by atoms with Gasteiger partial charge in [0.15, 0.2) is 0 Å². The Morgan fingerprint density at radius 2 is 1.56 bits per heavy atom. The van der Waals surface area contributed by atoms with Crippen LogP contribution in [0.2, 0.25) is 5.02 Å². The lowest BCUT2D eigenvalue weighted by Crippen LogP contribution is -2.50. The minimum Gasteiger partial charge on any atom is -0.486 e. The van der Waals surface area contributed by atoms with E-state index in [9.17, 15) is 4.79 Å². The lowest BCUT2D eigenvalue weighted by atomic mass is 9.92. The number of nitrogens with zero attached hydrogens (tertiary/aromatic N) is 5. The van der Waals surface area contributed by atoms with Gasteiger partial charge in [0.2, 0.25) is 0 Å². The lowest BCUT2D eigenvalue weighted by molar-refractivity contribution is 0.0143. The first kappa shape index (κ1) is 33.6. The summed E-state index contributed by atoms with van der Waals surface area (Å²) in [6.45, 7) is 17.5. The third-order valence-corrected chi connectivity index (χ3v) is 9.42. The van der Waals surface area contributed by atoms with E-state index in [1.165, 1.54) is 62.8 Å². The molecule has 2 aliphatic heterocycles. The van der Waals surface area contributed by atoms with Gasteiger partial charge >= 0.3 is 6.09 Å². The summed E-state index contributed by atoms with van der Waals surface area (Å²) < 4.78 is 14.0. The van der Waals surface area contributed by atoms with Crippen molar-refractivity contribution < 1.29 is 14.3 Å². The smallest absolute Gasteiger partial charge is 0.410 e. The molecule has 0 unspecified atom stereocenters. The standard InChI is InChI=1S/C36H52ClN5O3/c1-28-9-7-11-32-34(28)38-33(27-44-31-14-12-30(37)13-15-31)42(32)20-8-10-29-16-21-39(22-17-29)18-5-6-19-40-23-25-41(26-24-40)35(43)45-36(2,3)4/h7,9,11-15,29H,5-6,8,10,16-27H2,1-4H3. The molecule has 1 aromatic heterocycles. The van der Waals surface area contributed by atoms with Crippen LogP contribution in [0.3, 0.4) is 0 Å². The van der Waals surface area contributed by atoms with Gasteiger partial charge in [-0.25, -0.2) is 9.78 Å². The van der Waals surface area contributed by atoms with Gasteiger partial charge in [-0.3, -0.25) is 4.90 Å². The fraction of sp³-hybridized carbons (Fsp3) is 0.611. The summed E-state index contributed by atoms with van der Waals surface area (Å²) >= 11 is 6.04. The number of halogens is 1. The first-order chi connectivity index (χ1) is 21.6. The van der Waals surface area contributed by atoms with Gasteiger partial charge in [0.25, 0.3) is 0 Å². The van der Waals surface area contributed by atoms with E-state index >= 15 is 0 Å². The molecule has 0 N–H and O–H groups in total. The second-order valence-electron chi connectivity index (χ2n) is 13.8. The molecule has 2 saturated heterocycles. The van der Waals surface area contributed by atoms with Crippen LogP contribution in [-0.4, -0.2) is 88.3 Å². The number of piperidine rings is 1. The Balaban J connectivity index is 0.992. The SMILES string of the molecule is Cc1cccc2c1nc(COc1ccc(Cl)cc1)n2CCCC1CCN(CCCCN2CCN(C(=O)OC(C)(C)C)CC2)CC1. The Bertz CT molecular complexity index is 1370. The van der Waals surface area contributed by atoms with Gasteiger partial charge in [-0.2, -0.15) is 0 Å². The van der Waals surface area contributed by atoms with Crippen molar-refractivity contribution in [1.29, 1.82) is 0 Å². The molecule has 1 amide bonds. The zero-order chi connectivity index (χ0) is 31.8. The first-order valence-corrected chi connectivity index (χ1v) is 17.3. The molecule has 9 heteroatoms. The topological polar surface area (TPSA) is 63.1 Å². The van der Waals surface area contributed by atoms with Crippen LogP contribution >= 0.6 is 11.6 Å². The molecule has 3 aromatic rings. The highest BCUT2D eigenvalue weighted by molar-refractivity contribution is 6.30. The average molecular weight is 638 g/mol. The number of fused-ring (bicyclic) bond motifs is 1. The number of amides is 1. The van der Waals surface area contributed by atoms with E-state index in [0.717, 1.165) is 68.7 Å². The zero-order valence-electron chi connectivity index (χ0n) is 27.8. The molecule has 0 spiro atoms. The van der Waals surface area contributed by atoms with E-state index in [4.69, 9.17) is 26.1 Å². The molecular formula is C36H52ClN5O3. The van der Waals surface area contributed by atoms with Crippen LogP contribution in [0.25, 0.3) is 11.0 Å². The molecule has 2 aliphatic rings. The fourth-order valence-electron chi connectivity index (χ4n) is 6.56. The van der Waals surface area contributed by atoms with Crippen molar-refractivity contribution in [2.24, 2.45) is 5.92 Å². The normalized spacial score (nSPS) is 17.2. The zero-order valence-corrected chi connectivity index (χ0v) is 28.5. The molecular weight excluding hydrogens is 586 g/mol. The van der Waals surface area contributed by atoms with Gasteiger partial charge in [-0.1, -0.05) is 23.7 Å². The number of likely N-dealkylation sites (tertiary alicyclic amines) is 1. The van der Waals surface area contributed by atoms with Crippen molar-refractivity contribution in [3.63, 3.8) is 0 Å². The maximum Gasteiger partial charge on any atom is 0.410 e. The number of piperazine rings is 1. The molecule has 5 rings (SSSR count). The summed E-state index contributed by atoms with van der Waals surface area (Å²) in [5.41, 5.74) is 3.04. The summed E-state index contributed by atoms with van der Waals surface area (Å²) in [7, 11) is 0. The van der Waals surface area contributed by atoms with Crippen molar-refractivity contribution >= 4 is 28.7 Å². The van der Waals surface area contributed by atoms with Gasteiger partial charge in [-0.15, -0.1) is 0 Å². The number of aromatic nitrogens is 2. The number of imidazole rings is 1. The summed E-state index contributed by atoms with van der Waals surface area (Å²) in [6.07, 6.45) is 7.28. The predicted molar refractivity (Wildman–Crippen MR) is 182 cm³/mol. The lowest BCUT2D eigenvalue weighted by Gasteiger charge is -2.36. The van der Waals surface area contributed by atoms with Crippen LogP contribution in [0.5, 0.6) is 5.75 Å². The molecule has 2 aromatic carbocycles. The molecule has 3 heterocycles. The number of rotatable bonds is 12. The predicted octanol–water partition coefficient (Wildman–Crippen LogP) is 7.40. The number of hydrogen-bond acceptors (Lipinski definition) is 6. The summed E-state index contributed by atoms with van der Waals surface area (Å²) in [5, 5.41) is 0.708. The second-order valence-corrected chi connectivity index (χ2v) is 14.2. The molecule has 0 saturated carbocycles. The van der Waals surface area contributed by atoms with E-state index in [1.807, 2.05) is 49.9 Å². The maximum atomic E-state index is 12.3. The number of ether oxygens (including phenoxy) is 2. The minimum atomic E-state index is -0.434. The summed E-state index contributed by atoms with van der Waals surface area (Å²) in [5.74, 6) is 2.58. The monoisotopic (exact) mass is 637 g/mol. The van der Waals surface area contributed by atoms with Crippen LogP contribution in [0.4, 0.5) is 4.79 Å². The Hall–Kier alpha value is -2.81. The van der Waals surface area contributed by atoms with Gasteiger partial charge in [0.05, 0.1) is 11.0 Å². The second kappa shape index (κ2) is 15.7. The van der Waals surface area contributed by atoms with Gasteiger partial charge < -0.3 is 23.8 Å². The number of para-hydroxylation sites is 1. The van der Waals surface area contributed by atoms with Crippen molar-refractivity contribution in [3.8, 4) is 5.75 Å². The summed E-state index contributed by atoms with van der Waals surface area (Å²) in [6, 6.07) is 14.0. The van der Waals surface area contributed by atoms with E-state index in [-0.39, 0.29) is 6.09 Å². The number of carbonyl (C=O) groups excluding carboxylic acids is 1. The quantitative estimate of drug-likeness (QED) is 0.193. The highest BCUT2D eigenvalue weighted by Crippen LogP contribution is 2.26. The molecule has 8 nitrogen and oxygen atoms in total. The Morgan fingerprint density at radius 3 is 2.22 bits per heavy atom. The Labute approximate surface area is 274 Å². The van der Waals surface area contributed by atoms with E-state index in [0.29, 0.717) is 11.6 Å². The van der Waals surface area contributed by atoms with Crippen LogP contribution in [-0.2, 0) is 17.9 Å². The molecule has 246 valence electrons. The average Bonchev–Trinajstić information content (AvgIpc) is 3.38.